The number of furan rings is 1. The van der Waals surface area contributed by atoms with Gasteiger partial charge in [-0.25, -0.2) is 4.79 Å². The summed E-state index contributed by atoms with van der Waals surface area (Å²) in [6.45, 7) is 4.10. The zero-order valence-electron chi connectivity index (χ0n) is 10.1. The summed E-state index contributed by atoms with van der Waals surface area (Å²) in [5.41, 5.74) is 0.997. The average Bonchev–Trinajstić information content (AvgIpc) is 2.76. The van der Waals surface area contributed by atoms with Crippen molar-refractivity contribution in [3.8, 4) is 5.75 Å². The first-order chi connectivity index (χ1) is 8.58. The van der Waals surface area contributed by atoms with Crippen LogP contribution in [-0.4, -0.2) is 5.97 Å². The van der Waals surface area contributed by atoms with Crippen LogP contribution in [0.5, 0.6) is 5.75 Å². The Morgan fingerprint density at radius 3 is 2.56 bits per heavy atom. The minimum atomic E-state index is -0.492. The Morgan fingerprint density at radius 1 is 1.22 bits per heavy atom. The van der Waals surface area contributed by atoms with Crippen LogP contribution in [0.25, 0.3) is 0 Å². The molecule has 0 bridgehead atoms. The van der Waals surface area contributed by atoms with Crippen molar-refractivity contribution in [3.05, 3.63) is 52.4 Å². The highest BCUT2D eigenvalue weighted by atomic mass is 79.9. The summed E-state index contributed by atoms with van der Waals surface area (Å²) < 4.78 is 11.0. The van der Waals surface area contributed by atoms with Crippen LogP contribution in [0.2, 0.25) is 0 Å². The lowest BCUT2D eigenvalue weighted by Crippen LogP contribution is -2.09. The van der Waals surface area contributed by atoms with Crippen LogP contribution >= 0.6 is 15.9 Å². The molecule has 0 unspecified atom stereocenters. The van der Waals surface area contributed by atoms with Gasteiger partial charge in [-0.3, -0.25) is 0 Å². The van der Waals surface area contributed by atoms with Crippen molar-refractivity contribution in [1.82, 2.24) is 0 Å². The van der Waals surface area contributed by atoms with Crippen LogP contribution in [0, 0.1) is 0 Å². The average molecular weight is 309 g/mol. The van der Waals surface area contributed by atoms with E-state index in [-0.39, 0.29) is 11.7 Å². The summed E-state index contributed by atoms with van der Waals surface area (Å²) >= 11 is 3.15. The maximum Gasteiger partial charge on any atom is 0.379 e. The number of esters is 1. The fraction of sp³-hybridized carbons (Fsp3) is 0.214. The molecular formula is C14H13BrO3. The van der Waals surface area contributed by atoms with Gasteiger partial charge in [-0.05, 0) is 45.6 Å². The normalized spacial score (nSPS) is 10.7. The molecule has 1 aromatic heterocycles. The Hall–Kier alpha value is -1.55. The second-order valence-corrected chi connectivity index (χ2v) is 4.97. The number of hydrogen-bond donors (Lipinski definition) is 0. The topological polar surface area (TPSA) is 39.4 Å². The third-order valence-corrected chi connectivity index (χ3v) is 2.94. The summed E-state index contributed by atoms with van der Waals surface area (Å²) in [5.74, 6) is 0.552. The van der Waals surface area contributed by atoms with Gasteiger partial charge in [0.25, 0.3) is 0 Å². The van der Waals surface area contributed by atoms with E-state index in [1.165, 1.54) is 0 Å². The first kappa shape index (κ1) is 12.9. The second-order valence-electron chi connectivity index (χ2n) is 4.19. The number of rotatable bonds is 3. The summed E-state index contributed by atoms with van der Waals surface area (Å²) in [6, 6.07) is 10.7. The molecule has 0 saturated heterocycles. The Balaban J connectivity index is 2.22. The second kappa shape index (κ2) is 5.40. The third kappa shape index (κ3) is 2.82. The molecule has 94 valence electrons. The van der Waals surface area contributed by atoms with Gasteiger partial charge in [0.15, 0.2) is 4.67 Å². The van der Waals surface area contributed by atoms with Crippen molar-refractivity contribution in [2.24, 2.45) is 0 Å². The maximum absolute atomic E-state index is 11.9. The first-order valence-electron chi connectivity index (χ1n) is 5.64. The number of ether oxygens (including phenoxy) is 1. The highest BCUT2D eigenvalue weighted by molar-refractivity contribution is 9.10. The molecule has 0 N–H and O–H groups in total. The van der Waals surface area contributed by atoms with E-state index in [1.54, 1.807) is 18.2 Å². The van der Waals surface area contributed by atoms with Crippen LogP contribution in [0.1, 0.15) is 35.9 Å². The van der Waals surface area contributed by atoms with E-state index in [9.17, 15) is 4.79 Å². The molecule has 0 amide bonds. The molecule has 1 heterocycles. The smallest absolute Gasteiger partial charge is 0.379 e. The molecule has 0 aliphatic rings. The van der Waals surface area contributed by atoms with Gasteiger partial charge in [0.2, 0.25) is 5.76 Å². The largest absolute Gasteiger partial charge is 0.442 e. The van der Waals surface area contributed by atoms with Crippen molar-refractivity contribution >= 4 is 21.9 Å². The lowest BCUT2D eigenvalue weighted by Gasteiger charge is -2.11. The molecule has 3 nitrogen and oxygen atoms in total. The van der Waals surface area contributed by atoms with E-state index in [0.717, 1.165) is 5.56 Å². The Kier molecular flexibility index (Phi) is 3.87. The van der Waals surface area contributed by atoms with Gasteiger partial charge >= 0.3 is 5.97 Å². The minimum Gasteiger partial charge on any atom is -0.442 e. The number of halogens is 1. The fourth-order valence-electron chi connectivity index (χ4n) is 1.62. The molecule has 4 heteroatoms. The van der Waals surface area contributed by atoms with E-state index in [4.69, 9.17) is 9.15 Å². The predicted octanol–water partition coefficient (Wildman–Crippen LogP) is 4.38. The van der Waals surface area contributed by atoms with E-state index >= 15 is 0 Å². The molecule has 0 aliphatic carbocycles. The minimum absolute atomic E-state index is 0.181. The zero-order valence-corrected chi connectivity index (χ0v) is 11.7. The van der Waals surface area contributed by atoms with Gasteiger partial charge in [0, 0.05) is 0 Å². The predicted molar refractivity (Wildman–Crippen MR) is 71.9 cm³/mol. The molecule has 18 heavy (non-hydrogen) atoms. The lowest BCUT2D eigenvalue weighted by atomic mass is 10.0. The molecule has 0 saturated carbocycles. The summed E-state index contributed by atoms with van der Waals surface area (Å²) in [5, 5.41) is 0. The Morgan fingerprint density at radius 2 is 1.94 bits per heavy atom. The quantitative estimate of drug-likeness (QED) is 0.624. The van der Waals surface area contributed by atoms with Gasteiger partial charge in [-0.15, -0.1) is 0 Å². The molecule has 0 fully saturated rings. The number of para-hydroxylation sites is 1. The molecule has 0 radical (unpaired) electrons. The molecule has 0 atom stereocenters. The van der Waals surface area contributed by atoms with Gasteiger partial charge in [0.1, 0.15) is 5.75 Å². The maximum atomic E-state index is 11.9. The van der Waals surface area contributed by atoms with Crippen LogP contribution in [0.4, 0.5) is 0 Å². The monoisotopic (exact) mass is 308 g/mol. The zero-order chi connectivity index (χ0) is 13.1. The number of carbonyl (C=O) groups excluding carboxylic acids is 1. The number of benzene rings is 1. The van der Waals surface area contributed by atoms with Gasteiger partial charge < -0.3 is 9.15 Å². The molecule has 0 aliphatic heterocycles. The van der Waals surface area contributed by atoms with Gasteiger partial charge in [0.05, 0.1) is 0 Å². The van der Waals surface area contributed by atoms with Crippen molar-refractivity contribution in [3.63, 3.8) is 0 Å². The molecule has 0 spiro atoms. The van der Waals surface area contributed by atoms with Crippen LogP contribution in [-0.2, 0) is 0 Å². The lowest BCUT2D eigenvalue weighted by molar-refractivity contribution is 0.0698. The summed E-state index contributed by atoms with van der Waals surface area (Å²) in [7, 11) is 0. The summed E-state index contributed by atoms with van der Waals surface area (Å²) in [4.78, 5) is 11.9. The molecule has 2 rings (SSSR count). The van der Waals surface area contributed by atoms with Crippen molar-refractivity contribution in [1.29, 1.82) is 0 Å². The number of hydrogen-bond acceptors (Lipinski definition) is 3. The Labute approximate surface area is 114 Å². The Bertz CT molecular complexity index is 558. The standard InChI is InChI=1S/C14H13BrO3/c1-9(2)10-5-3-4-6-11(10)18-14(16)12-7-8-13(15)17-12/h3-9H,1-2H3. The van der Waals surface area contributed by atoms with Crippen LogP contribution in [0.3, 0.4) is 0 Å². The fourth-order valence-corrected chi connectivity index (χ4v) is 1.93. The highest BCUT2D eigenvalue weighted by Gasteiger charge is 2.16. The molecule has 1 aromatic carbocycles. The third-order valence-electron chi connectivity index (χ3n) is 2.52. The van der Waals surface area contributed by atoms with Crippen LogP contribution in [0.15, 0.2) is 45.5 Å². The van der Waals surface area contributed by atoms with Gasteiger partial charge in [-0.2, -0.15) is 0 Å². The molecule has 2 aromatic rings. The highest BCUT2D eigenvalue weighted by Crippen LogP contribution is 2.27. The first-order valence-corrected chi connectivity index (χ1v) is 6.43. The number of carbonyl (C=O) groups is 1. The van der Waals surface area contributed by atoms with Crippen molar-refractivity contribution < 1.29 is 13.9 Å². The molecular weight excluding hydrogens is 296 g/mol. The van der Waals surface area contributed by atoms with E-state index < -0.39 is 5.97 Å². The summed E-state index contributed by atoms with van der Waals surface area (Å²) in [6.07, 6.45) is 0. The van der Waals surface area contributed by atoms with E-state index in [2.05, 4.69) is 29.8 Å². The van der Waals surface area contributed by atoms with Crippen LogP contribution < -0.4 is 4.74 Å². The van der Waals surface area contributed by atoms with Crippen molar-refractivity contribution in [2.75, 3.05) is 0 Å². The SMILES string of the molecule is CC(C)c1ccccc1OC(=O)c1ccc(Br)o1. The van der Waals surface area contributed by atoms with Gasteiger partial charge in [-0.1, -0.05) is 32.0 Å². The van der Waals surface area contributed by atoms with Crippen molar-refractivity contribution in [2.45, 2.75) is 19.8 Å². The van der Waals surface area contributed by atoms with E-state index in [0.29, 0.717) is 10.4 Å². The van der Waals surface area contributed by atoms with E-state index in [1.807, 2.05) is 18.2 Å².